The van der Waals surface area contributed by atoms with Crippen LogP contribution in [0.15, 0.2) is 12.2 Å². The van der Waals surface area contributed by atoms with Gasteiger partial charge in [0.2, 0.25) is 5.91 Å². The van der Waals surface area contributed by atoms with Gasteiger partial charge in [0.05, 0.1) is 7.11 Å². The fourth-order valence-electron chi connectivity index (χ4n) is 4.46. The van der Waals surface area contributed by atoms with E-state index >= 15 is 0 Å². The average molecular weight is 321 g/mol. The Morgan fingerprint density at radius 2 is 2.00 bits per heavy atom. The van der Waals surface area contributed by atoms with Crippen molar-refractivity contribution in [1.82, 2.24) is 5.32 Å². The molecule has 3 aliphatic carbocycles. The third kappa shape index (κ3) is 4.15. The zero-order valence-corrected chi connectivity index (χ0v) is 14.9. The molecule has 0 aromatic carbocycles. The van der Waals surface area contributed by atoms with E-state index in [9.17, 15) is 9.59 Å². The van der Waals surface area contributed by atoms with E-state index in [2.05, 4.69) is 36.1 Å². The summed E-state index contributed by atoms with van der Waals surface area (Å²) in [5, 5.41) is 3.22. The topological polar surface area (TPSA) is 55.4 Å². The van der Waals surface area contributed by atoms with Gasteiger partial charge in [-0.05, 0) is 55.3 Å². The number of rotatable bonds is 7. The number of carbonyl (C=O) groups is 2. The van der Waals surface area contributed by atoms with E-state index < -0.39 is 0 Å². The predicted octanol–water partition coefficient (Wildman–Crippen LogP) is 3.46. The summed E-state index contributed by atoms with van der Waals surface area (Å²) in [5.74, 6) is 1.91. The van der Waals surface area contributed by atoms with Crippen LogP contribution < -0.4 is 5.32 Å². The van der Waals surface area contributed by atoms with Crippen molar-refractivity contribution in [3.63, 3.8) is 0 Å². The Hall–Kier alpha value is -1.32. The minimum absolute atomic E-state index is 0.0863. The lowest BCUT2D eigenvalue weighted by Gasteiger charge is -2.62. The number of fused-ring (bicyclic) bond motifs is 2. The molecule has 23 heavy (non-hydrogen) atoms. The van der Waals surface area contributed by atoms with Crippen molar-refractivity contribution in [3.05, 3.63) is 12.2 Å². The van der Waals surface area contributed by atoms with Crippen molar-refractivity contribution in [3.8, 4) is 0 Å². The molecule has 3 rings (SSSR count). The minimum Gasteiger partial charge on any atom is -0.469 e. The van der Waals surface area contributed by atoms with Crippen LogP contribution in [0, 0.1) is 23.2 Å². The maximum absolute atomic E-state index is 11.6. The number of methoxy groups -OCH3 is 1. The van der Waals surface area contributed by atoms with Crippen LogP contribution in [0.4, 0.5) is 0 Å². The minimum atomic E-state index is -0.140. The van der Waals surface area contributed by atoms with Gasteiger partial charge in [0.15, 0.2) is 0 Å². The molecule has 1 N–H and O–H groups in total. The molecule has 0 unspecified atom stereocenters. The normalized spacial score (nSPS) is 31.5. The Balaban J connectivity index is 1.81. The Labute approximate surface area is 140 Å². The number of hydrogen-bond acceptors (Lipinski definition) is 3. The monoisotopic (exact) mass is 321 g/mol. The lowest BCUT2D eigenvalue weighted by atomic mass is 9.44. The van der Waals surface area contributed by atoms with Crippen molar-refractivity contribution < 1.29 is 14.3 Å². The highest BCUT2D eigenvalue weighted by Gasteiger charge is 2.57. The summed E-state index contributed by atoms with van der Waals surface area (Å²) in [6.45, 7) is 6.32. The number of unbranched alkanes of at least 4 members (excludes halogenated alkanes) is 1. The number of nitrogens with one attached hydrogen (secondary N) is 1. The summed E-state index contributed by atoms with van der Waals surface area (Å²) >= 11 is 0. The first-order chi connectivity index (χ1) is 10.9. The van der Waals surface area contributed by atoms with E-state index in [1.165, 1.54) is 20.0 Å². The molecule has 130 valence electrons. The van der Waals surface area contributed by atoms with Gasteiger partial charge in [-0.2, -0.15) is 0 Å². The molecule has 1 amide bonds. The fourth-order valence-corrected chi connectivity index (χ4v) is 4.46. The van der Waals surface area contributed by atoms with Crippen LogP contribution >= 0.6 is 0 Å². The number of amides is 1. The maximum Gasteiger partial charge on any atom is 0.305 e. The van der Waals surface area contributed by atoms with Gasteiger partial charge in [-0.15, -0.1) is 0 Å². The molecule has 4 atom stereocenters. The molecule has 0 aromatic heterocycles. The zero-order chi connectivity index (χ0) is 17.0. The van der Waals surface area contributed by atoms with Gasteiger partial charge in [0.25, 0.3) is 0 Å². The summed E-state index contributed by atoms with van der Waals surface area (Å²) in [7, 11) is 1.43. The van der Waals surface area contributed by atoms with Crippen molar-refractivity contribution in [2.75, 3.05) is 7.11 Å². The number of carbonyl (C=O) groups excluding carboxylic acids is 2. The molecule has 2 bridgehead atoms. The second-order valence-corrected chi connectivity index (χ2v) is 7.76. The SMILES string of the molecule is COC(=O)CCC/C=C\C[C@H]1C[C@H]2C[C@@H]([C@@H]1NC(C)=O)C2(C)C. The molecule has 0 radical (unpaired) electrons. The van der Waals surface area contributed by atoms with Gasteiger partial charge in [0, 0.05) is 19.4 Å². The van der Waals surface area contributed by atoms with Crippen LogP contribution in [-0.4, -0.2) is 25.0 Å². The smallest absolute Gasteiger partial charge is 0.305 e. The molecule has 0 heterocycles. The van der Waals surface area contributed by atoms with E-state index in [0.717, 1.165) is 25.2 Å². The third-order valence-corrected chi connectivity index (χ3v) is 6.03. The lowest BCUT2D eigenvalue weighted by molar-refractivity contribution is -0.140. The number of ether oxygens (including phenoxy) is 1. The average Bonchev–Trinajstić information content (AvgIpc) is 2.50. The van der Waals surface area contributed by atoms with Crippen LogP contribution in [0.3, 0.4) is 0 Å². The molecule has 0 aliphatic heterocycles. The molecule has 0 spiro atoms. The van der Waals surface area contributed by atoms with Gasteiger partial charge in [-0.3, -0.25) is 9.59 Å². The third-order valence-electron chi connectivity index (χ3n) is 6.03. The molecule has 0 aromatic rings. The highest BCUT2D eigenvalue weighted by molar-refractivity contribution is 5.73. The van der Waals surface area contributed by atoms with Gasteiger partial charge in [-0.1, -0.05) is 26.0 Å². The van der Waals surface area contributed by atoms with Crippen LogP contribution in [0.2, 0.25) is 0 Å². The van der Waals surface area contributed by atoms with Crippen molar-refractivity contribution in [2.45, 2.75) is 65.3 Å². The second-order valence-electron chi connectivity index (χ2n) is 7.76. The highest BCUT2D eigenvalue weighted by atomic mass is 16.5. The van der Waals surface area contributed by atoms with Crippen LogP contribution in [-0.2, 0) is 14.3 Å². The zero-order valence-electron chi connectivity index (χ0n) is 14.9. The Morgan fingerprint density at radius 1 is 1.26 bits per heavy atom. The summed E-state index contributed by atoms with van der Waals surface area (Å²) in [4.78, 5) is 22.6. The van der Waals surface area contributed by atoms with Crippen LogP contribution in [0.1, 0.15) is 59.3 Å². The van der Waals surface area contributed by atoms with Gasteiger partial charge >= 0.3 is 5.97 Å². The molecule has 3 aliphatic rings. The first-order valence-electron chi connectivity index (χ1n) is 8.85. The summed E-state index contributed by atoms with van der Waals surface area (Å²) in [6.07, 6.45) is 10.1. The highest BCUT2D eigenvalue weighted by Crippen LogP contribution is 2.61. The quantitative estimate of drug-likeness (QED) is 0.444. The van der Waals surface area contributed by atoms with Crippen LogP contribution in [0.5, 0.6) is 0 Å². The summed E-state index contributed by atoms with van der Waals surface area (Å²) < 4.78 is 4.64. The lowest BCUT2D eigenvalue weighted by Crippen LogP contribution is -2.63. The Kier molecular flexibility index (Phi) is 5.88. The molecule has 3 fully saturated rings. The summed E-state index contributed by atoms with van der Waals surface area (Å²) in [6, 6.07) is 0.312. The molecular weight excluding hydrogens is 290 g/mol. The van der Waals surface area contributed by atoms with E-state index in [1.807, 2.05) is 0 Å². The number of esters is 1. The Morgan fingerprint density at radius 3 is 2.61 bits per heavy atom. The van der Waals surface area contributed by atoms with E-state index in [4.69, 9.17) is 0 Å². The largest absolute Gasteiger partial charge is 0.469 e. The Bertz CT molecular complexity index is 469. The molecule has 4 heteroatoms. The number of allylic oxidation sites excluding steroid dienone is 2. The van der Waals surface area contributed by atoms with E-state index in [0.29, 0.717) is 29.7 Å². The predicted molar refractivity (Wildman–Crippen MR) is 90.7 cm³/mol. The molecule has 4 nitrogen and oxygen atoms in total. The molecular formula is C19H31NO3. The number of hydrogen-bond donors (Lipinski definition) is 1. The van der Waals surface area contributed by atoms with E-state index in [1.54, 1.807) is 6.92 Å². The molecule has 3 saturated carbocycles. The first kappa shape index (κ1) is 18.0. The summed E-state index contributed by atoms with van der Waals surface area (Å²) in [5.41, 5.74) is 0.369. The second kappa shape index (κ2) is 7.50. The van der Waals surface area contributed by atoms with Crippen LogP contribution in [0.25, 0.3) is 0 Å². The maximum atomic E-state index is 11.6. The standard InChI is InChI=1S/C19H31NO3/c1-13(21)20-18-14(11-15-12-16(18)19(15,2)3)9-7-5-6-8-10-17(22)23-4/h5,7,14-16,18H,6,8-12H2,1-4H3,(H,20,21)/b7-5-/t14-,15-,16-,18+/m0/s1. The van der Waals surface area contributed by atoms with Gasteiger partial charge in [0.1, 0.15) is 0 Å². The van der Waals surface area contributed by atoms with Gasteiger partial charge < -0.3 is 10.1 Å². The van der Waals surface area contributed by atoms with E-state index in [-0.39, 0.29) is 11.9 Å². The van der Waals surface area contributed by atoms with Crippen molar-refractivity contribution in [1.29, 1.82) is 0 Å². The van der Waals surface area contributed by atoms with Crippen molar-refractivity contribution in [2.24, 2.45) is 23.2 Å². The molecule has 0 saturated heterocycles. The first-order valence-corrected chi connectivity index (χ1v) is 8.85. The van der Waals surface area contributed by atoms with Gasteiger partial charge in [-0.25, -0.2) is 0 Å². The fraction of sp³-hybridized carbons (Fsp3) is 0.789. The van der Waals surface area contributed by atoms with Crippen molar-refractivity contribution >= 4 is 11.9 Å².